The maximum Gasteiger partial charge on any atom is 0.139 e. The van der Waals surface area contributed by atoms with E-state index in [0.717, 1.165) is 56.6 Å². The lowest BCUT2D eigenvalue weighted by Gasteiger charge is -2.43. The summed E-state index contributed by atoms with van der Waals surface area (Å²) in [7, 11) is 2.22. The van der Waals surface area contributed by atoms with Crippen molar-refractivity contribution in [1.29, 1.82) is 0 Å². The molecule has 1 saturated heterocycles. The summed E-state index contributed by atoms with van der Waals surface area (Å²) in [5.41, 5.74) is 17.4. The summed E-state index contributed by atoms with van der Waals surface area (Å²) in [5, 5.41) is 16.0. The number of rotatable bonds is 0. The number of carbonyl (C=O) groups is 1. The van der Waals surface area contributed by atoms with Crippen molar-refractivity contribution in [3.63, 3.8) is 0 Å². The Hall–Kier alpha value is -6.69. The third-order valence-corrected chi connectivity index (χ3v) is 14.1. The maximum atomic E-state index is 12.2. The summed E-state index contributed by atoms with van der Waals surface area (Å²) in [6.45, 7) is 4.50. The van der Waals surface area contributed by atoms with E-state index in [2.05, 4.69) is 139 Å². The molecule has 3 heterocycles. The van der Waals surface area contributed by atoms with Crippen molar-refractivity contribution in [2.75, 3.05) is 30.8 Å². The van der Waals surface area contributed by atoms with Gasteiger partial charge in [-0.25, -0.2) is 0 Å². The summed E-state index contributed by atoms with van der Waals surface area (Å²) in [4.78, 5) is 14.7. The van der Waals surface area contributed by atoms with Crippen LogP contribution >= 0.6 is 0 Å². The van der Waals surface area contributed by atoms with Gasteiger partial charge in [0.15, 0.2) is 0 Å². The van der Waals surface area contributed by atoms with Crippen LogP contribution in [0.1, 0.15) is 95.9 Å². The molecule has 0 radical (unpaired) electrons. The maximum absolute atomic E-state index is 12.2. The number of Topliss-reactive ketones (excluding diaryl/α,β-unsaturated/α-hetero) is 1. The second-order valence-electron chi connectivity index (χ2n) is 18.0. The van der Waals surface area contributed by atoms with Crippen LogP contribution in [0.5, 0.6) is 5.75 Å². The number of para-hydroxylation sites is 2. The molecule has 64 heavy (non-hydrogen) atoms. The number of piperidine rings is 1. The number of hydrogen-bond acceptors (Lipinski definition) is 5. The predicted molar refractivity (Wildman–Crippen MR) is 269 cm³/mol. The van der Waals surface area contributed by atoms with Crippen LogP contribution in [-0.2, 0) is 11.2 Å². The molecule has 12 rings (SSSR count). The number of anilines is 2. The van der Waals surface area contributed by atoms with Crippen molar-refractivity contribution in [3.8, 4) is 5.75 Å². The quantitative estimate of drug-likeness (QED) is 0.133. The number of aromatic hydroxyl groups is 1. The third kappa shape index (κ3) is 9.18. The van der Waals surface area contributed by atoms with E-state index < -0.39 is 0 Å². The second kappa shape index (κ2) is 19.4. The van der Waals surface area contributed by atoms with E-state index in [1.54, 1.807) is 11.6 Å². The van der Waals surface area contributed by atoms with Crippen molar-refractivity contribution < 1.29 is 9.90 Å². The minimum absolute atomic E-state index is 0.100. The lowest BCUT2D eigenvalue weighted by molar-refractivity contribution is -0.126. The smallest absolute Gasteiger partial charge is 0.139 e. The van der Waals surface area contributed by atoms with Gasteiger partial charge in [-0.2, -0.15) is 0 Å². The fourth-order valence-electron chi connectivity index (χ4n) is 10.6. The van der Waals surface area contributed by atoms with Crippen LogP contribution in [0.3, 0.4) is 0 Å². The minimum Gasteiger partial charge on any atom is -0.508 e. The lowest BCUT2D eigenvalue weighted by atomic mass is 9.60. The van der Waals surface area contributed by atoms with E-state index in [1.165, 1.54) is 68.5 Å². The zero-order valence-electron chi connectivity index (χ0n) is 37.1. The molecule has 0 spiro atoms. The van der Waals surface area contributed by atoms with E-state index >= 15 is 0 Å². The molecule has 3 atom stereocenters. The predicted octanol–water partition coefficient (Wildman–Crippen LogP) is 13.7. The summed E-state index contributed by atoms with van der Waals surface area (Å²) in [6, 6.07) is 39.8. The van der Waals surface area contributed by atoms with Crippen molar-refractivity contribution in [2.45, 2.75) is 57.8 Å². The molecule has 5 aromatic carbocycles. The van der Waals surface area contributed by atoms with Gasteiger partial charge in [0.25, 0.3) is 0 Å². The number of benzene rings is 5. The molecule has 3 N–H and O–H groups in total. The first-order valence-electron chi connectivity index (χ1n) is 23.1. The van der Waals surface area contributed by atoms with Crippen molar-refractivity contribution in [1.82, 2.24) is 4.90 Å². The summed E-state index contributed by atoms with van der Waals surface area (Å²) in [5.74, 6) is 1.76. The van der Waals surface area contributed by atoms with Crippen LogP contribution in [0.25, 0.3) is 29.9 Å². The van der Waals surface area contributed by atoms with E-state index in [1.807, 2.05) is 67.0 Å². The van der Waals surface area contributed by atoms with Gasteiger partial charge < -0.3 is 20.6 Å². The normalized spacial score (nSPS) is 21.7. The van der Waals surface area contributed by atoms with Crippen molar-refractivity contribution in [2.24, 2.45) is 11.3 Å². The molecule has 5 nitrogen and oxygen atoms in total. The largest absolute Gasteiger partial charge is 0.508 e. The number of fused-ring (bicyclic) bond motifs is 9. The van der Waals surface area contributed by atoms with Gasteiger partial charge in [-0.3, -0.25) is 4.79 Å². The highest BCUT2D eigenvalue weighted by Crippen LogP contribution is 2.58. The Bertz CT molecular complexity index is 2620. The molecule has 3 fully saturated rings. The van der Waals surface area contributed by atoms with Gasteiger partial charge in [0.2, 0.25) is 0 Å². The SMILES string of the molecule is C1=CNc2ccccc2C=C1.C1=CNc2ccccc2C=C1.CN1CCC(=C2c3ccccc3C=Cc3ccccc32)CC1.C[C@]12CC[C@H]3C(=CCc4cc(O)ccc43)[C@@H]1CCC2=O. The van der Waals surface area contributed by atoms with Crippen LogP contribution in [-0.4, -0.2) is 35.9 Å². The summed E-state index contributed by atoms with van der Waals surface area (Å²) < 4.78 is 0. The fraction of sp³-hybridized carbons (Fsp3) is 0.237. The molecular weight excluding hydrogens is 783 g/mol. The number of allylic oxidation sites excluding steroid dienone is 6. The molecule has 4 aliphatic carbocycles. The van der Waals surface area contributed by atoms with Gasteiger partial charge in [0, 0.05) is 54.6 Å². The minimum atomic E-state index is -0.100. The van der Waals surface area contributed by atoms with Crippen LogP contribution in [0.15, 0.2) is 169 Å². The monoisotopic (exact) mass is 841 g/mol. The Labute approximate surface area is 379 Å². The molecule has 5 aromatic rings. The van der Waals surface area contributed by atoms with Gasteiger partial charge in [-0.05, 0) is 138 Å². The van der Waals surface area contributed by atoms with Gasteiger partial charge in [-0.15, -0.1) is 0 Å². The highest BCUT2D eigenvalue weighted by Gasteiger charge is 2.52. The highest BCUT2D eigenvalue weighted by atomic mass is 16.3. The van der Waals surface area contributed by atoms with E-state index in [0.29, 0.717) is 23.4 Å². The van der Waals surface area contributed by atoms with E-state index in [-0.39, 0.29) is 5.41 Å². The first kappa shape index (κ1) is 42.6. The molecule has 0 bridgehead atoms. The molecular formula is C59H59N3O2. The van der Waals surface area contributed by atoms with E-state index in [9.17, 15) is 9.90 Å². The van der Waals surface area contributed by atoms with Crippen LogP contribution in [0, 0.1) is 11.3 Å². The number of phenolic OH excluding ortho intramolecular Hbond substituents is 1. The van der Waals surface area contributed by atoms with Gasteiger partial charge >= 0.3 is 0 Å². The van der Waals surface area contributed by atoms with Gasteiger partial charge in [0.1, 0.15) is 11.5 Å². The summed E-state index contributed by atoms with van der Waals surface area (Å²) >= 11 is 0. The number of nitrogens with one attached hydrogen (secondary N) is 2. The Kier molecular flexibility index (Phi) is 12.9. The second-order valence-corrected chi connectivity index (χ2v) is 18.0. The lowest BCUT2D eigenvalue weighted by Crippen LogP contribution is -2.37. The molecule has 0 unspecified atom stereocenters. The van der Waals surface area contributed by atoms with Crippen LogP contribution < -0.4 is 10.6 Å². The number of nitrogens with zero attached hydrogens (tertiary/aromatic N) is 1. The average molecular weight is 842 g/mol. The molecule has 0 aromatic heterocycles. The number of ketones is 1. The van der Waals surface area contributed by atoms with Gasteiger partial charge in [-0.1, -0.05) is 152 Å². The average Bonchev–Trinajstić information content (AvgIpc) is 3.61. The van der Waals surface area contributed by atoms with E-state index in [4.69, 9.17) is 0 Å². The van der Waals surface area contributed by atoms with Crippen molar-refractivity contribution in [3.05, 3.63) is 214 Å². The number of hydrogen-bond donors (Lipinski definition) is 3. The first-order valence-corrected chi connectivity index (χ1v) is 23.1. The Balaban J connectivity index is 0.000000113. The Morgan fingerprint density at radius 1 is 0.641 bits per heavy atom. The fourth-order valence-corrected chi connectivity index (χ4v) is 10.6. The molecule has 7 aliphatic rings. The number of carbonyl (C=O) groups excluding carboxylic acids is 1. The summed E-state index contributed by atoms with van der Waals surface area (Å²) in [6.07, 6.45) is 30.1. The third-order valence-electron chi connectivity index (χ3n) is 14.1. The molecule has 3 aliphatic heterocycles. The van der Waals surface area contributed by atoms with Gasteiger partial charge in [0.05, 0.1) is 0 Å². The number of likely N-dealkylation sites (tertiary alicyclic amines) is 1. The standard InChI is InChI=1S/C21H21N.C18H20O2.2C10H9N/c1-22-14-12-18(13-15-22)21-19-8-4-2-6-16(19)10-11-17-7-3-5-9-20(17)21;1-18-9-8-14-13-5-3-12(19)10-11(13)2-4-15(14)16(18)6-7-17(18)20;2*1-2-7-10-9(5-1)6-3-4-8-11-10/h2-11H,12-15H2,1H3;3-5,10,14,16,19H,2,6-9H2,1H3;2*1-8,11H/t;14-,16+,18+;;/m.1../s1. The molecule has 2 saturated carbocycles. The Morgan fingerprint density at radius 2 is 1.20 bits per heavy atom. The molecule has 5 heteroatoms. The first-order chi connectivity index (χ1) is 31.4. The Morgan fingerprint density at radius 3 is 1.81 bits per heavy atom. The zero-order chi connectivity index (χ0) is 43.9. The molecule has 0 amide bonds. The van der Waals surface area contributed by atoms with Crippen LogP contribution in [0.4, 0.5) is 11.4 Å². The molecule has 322 valence electrons. The number of phenols is 1. The topological polar surface area (TPSA) is 64.6 Å². The zero-order valence-corrected chi connectivity index (χ0v) is 37.1. The van der Waals surface area contributed by atoms with Crippen LogP contribution in [0.2, 0.25) is 0 Å². The van der Waals surface area contributed by atoms with Crippen molar-refractivity contribution >= 4 is 47.0 Å². The highest BCUT2D eigenvalue weighted by molar-refractivity contribution is 5.95.